The van der Waals surface area contributed by atoms with Crippen LogP contribution >= 0.6 is 0 Å². The molecule has 0 aromatic carbocycles. The molecule has 0 spiro atoms. The molecule has 1 aromatic rings. The first-order valence-corrected chi connectivity index (χ1v) is 6.60. The van der Waals surface area contributed by atoms with Gasteiger partial charge in [0.1, 0.15) is 6.61 Å². The maximum Gasteiger partial charge on any atom is 0.329 e. The molecule has 0 atom stereocenters. The van der Waals surface area contributed by atoms with E-state index in [2.05, 4.69) is 23.1 Å². The van der Waals surface area contributed by atoms with E-state index in [0.29, 0.717) is 0 Å². The maximum absolute atomic E-state index is 10.5. The topological polar surface area (TPSA) is 67.6 Å². The summed E-state index contributed by atoms with van der Waals surface area (Å²) in [6.45, 7) is 7.17. The molecule has 2 rings (SSSR count). The second kappa shape index (κ2) is 5.71. The van der Waals surface area contributed by atoms with Gasteiger partial charge in [0, 0.05) is 37.9 Å². The summed E-state index contributed by atoms with van der Waals surface area (Å²) < 4.78 is 7.33. The van der Waals surface area contributed by atoms with Gasteiger partial charge < -0.3 is 9.84 Å². The maximum atomic E-state index is 10.5. The molecule has 19 heavy (non-hydrogen) atoms. The van der Waals surface area contributed by atoms with E-state index in [9.17, 15) is 4.79 Å². The summed E-state index contributed by atoms with van der Waals surface area (Å²) in [5.41, 5.74) is 0.867. The van der Waals surface area contributed by atoms with Crippen molar-refractivity contribution in [3.05, 3.63) is 18.0 Å². The number of rotatable bonds is 7. The van der Waals surface area contributed by atoms with E-state index in [1.165, 1.54) is 5.56 Å². The number of hydrogen-bond acceptors (Lipinski definition) is 4. The van der Waals surface area contributed by atoms with Crippen molar-refractivity contribution in [2.24, 2.45) is 0 Å². The van der Waals surface area contributed by atoms with E-state index < -0.39 is 5.97 Å². The van der Waals surface area contributed by atoms with Gasteiger partial charge in [-0.25, -0.2) is 4.79 Å². The van der Waals surface area contributed by atoms with Crippen molar-refractivity contribution in [2.45, 2.75) is 39.0 Å². The number of aryl methyl sites for hydroxylation is 1. The summed E-state index contributed by atoms with van der Waals surface area (Å²) in [6, 6.07) is 0. The van der Waals surface area contributed by atoms with Gasteiger partial charge in [0.05, 0.1) is 11.8 Å². The molecule has 1 aliphatic rings. The summed E-state index contributed by atoms with van der Waals surface area (Å²) in [5.74, 6) is -0.916. The molecule has 1 fully saturated rings. The average Bonchev–Trinajstić information content (AvgIpc) is 2.73. The highest BCUT2D eigenvalue weighted by atomic mass is 16.5. The van der Waals surface area contributed by atoms with Gasteiger partial charge in [0.15, 0.2) is 0 Å². The Morgan fingerprint density at radius 3 is 2.95 bits per heavy atom. The Balaban J connectivity index is 1.75. The first-order valence-electron chi connectivity index (χ1n) is 6.60. The zero-order valence-electron chi connectivity index (χ0n) is 11.5. The number of aliphatic carboxylic acids is 1. The Kier molecular flexibility index (Phi) is 4.21. The minimum atomic E-state index is -0.916. The standard InChI is InChI=1S/C13H21N3O3/c1-3-4-16-7-11(5-14-16)6-15-9-13(2,10-15)19-8-12(17)18/h5,7H,3-4,6,8-10H2,1-2H3,(H,17,18). The SMILES string of the molecule is CCCn1cc(CN2CC(C)(OCC(=O)O)C2)cn1. The third-order valence-corrected chi connectivity index (χ3v) is 3.21. The van der Waals surface area contributed by atoms with Crippen molar-refractivity contribution in [3.8, 4) is 0 Å². The summed E-state index contributed by atoms with van der Waals surface area (Å²) in [6.07, 6.45) is 5.03. The van der Waals surface area contributed by atoms with Crippen molar-refractivity contribution in [2.75, 3.05) is 19.7 Å². The smallest absolute Gasteiger partial charge is 0.329 e. The highest BCUT2D eigenvalue weighted by Gasteiger charge is 2.40. The number of carbonyl (C=O) groups is 1. The Hall–Kier alpha value is -1.40. The van der Waals surface area contributed by atoms with Crippen molar-refractivity contribution in [1.29, 1.82) is 0 Å². The molecule has 1 saturated heterocycles. The average molecular weight is 267 g/mol. The lowest BCUT2D eigenvalue weighted by Crippen LogP contribution is -2.61. The Bertz CT molecular complexity index is 438. The van der Waals surface area contributed by atoms with Gasteiger partial charge in [-0.2, -0.15) is 5.10 Å². The molecule has 1 aromatic heterocycles. The lowest BCUT2D eigenvalue weighted by molar-refractivity contribution is -0.165. The molecule has 0 saturated carbocycles. The van der Waals surface area contributed by atoms with Gasteiger partial charge in [-0.15, -0.1) is 0 Å². The minimum Gasteiger partial charge on any atom is -0.480 e. The fourth-order valence-electron chi connectivity index (χ4n) is 2.44. The number of likely N-dealkylation sites (tertiary alicyclic amines) is 1. The number of ether oxygens (including phenoxy) is 1. The molecule has 6 nitrogen and oxygen atoms in total. The predicted octanol–water partition coefficient (Wildman–Crippen LogP) is 0.969. The van der Waals surface area contributed by atoms with Crippen molar-refractivity contribution >= 4 is 5.97 Å². The van der Waals surface area contributed by atoms with E-state index in [4.69, 9.17) is 9.84 Å². The molecule has 0 radical (unpaired) electrons. The molecule has 6 heteroatoms. The molecular formula is C13H21N3O3. The van der Waals surface area contributed by atoms with Gasteiger partial charge in [0.25, 0.3) is 0 Å². The molecule has 106 valence electrons. The molecule has 0 bridgehead atoms. The van der Waals surface area contributed by atoms with E-state index in [1.54, 1.807) is 0 Å². The third-order valence-electron chi connectivity index (χ3n) is 3.21. The van der Waals surface area contributed by atoms with E-state index in [-0.39, 0.29) is 12.2 Å². The van der Waals surface area contributed by atoms with Crippen molar-refractivity contribution in [1.82, 2.24) is 14.7 Å². The molecule has 2 heterocycles. The second-order valence-electron chi connectivity index (χ2n) is 5.39. The molecule has 1 N–H and O–H groups in total. The Morgan fingerprint density at radius 1 is 1.58 bits per heavy atom. The summed E-state index contributed by atoms with van der Waals surface area (Å²) in [5, 5.41) is 12.9. The normalized spacial score (nSPS) is 18.2. The molecule has 0 aliphatic carbocycles. The van der Waals surface area contributed by atoms with Crippen LogP contribution in [0, 0.1) is 0 Å². The zero-order chi connectivity index (χ0) is 13.9. The van der Waals surface area contributed by atoms with Crippen LogP contribution < -0.4 is 0 Å². The minimum absolute atomic E-state index is 0.223. The Labute approximate surface area is 113 Å². The zero-order valence-corrected chi connectivity index (χ0v) is 11.5. The molecule has 0 amide bonds. The van der Waals surface area contributed by atoms with E-state index in [0.717, 1.165) is 32.6 Å². The van der Waals surface area contributed by atoms with E-state index >= 15 is 0 Å². The molecule has 0 unspecified atom stereocenters. The monoisotopic (exact) mass is 267 g/mol. The quantitative estimate of drug-likeness (QED) is 0.797. The first kappa shape index (κ1) is 14.0. The number of hydrogen-bond donors (Lipinski definition) is 1. The van der Waals surface area contributed by atoms with Crippen LogP contribution in [0.5, 0.6) is 0 Å². The highest BCUT2D eigenvalue weighted by Crippen LogP contribution is 2.26. The van der Waals surface area contributed by atoms with Gasteiger partial charge in [0.2, 0.25) is 0 Å². The van der Waals surface area contributed by atoms with Gasteiger partial charge in [-0.05, 0) is 13.3 Å². The highest BCUT2D eigenvalue weighted by molar-refractivity contribution is 5.68. The van der Waals surface area contributed by atoms with Crippen LogP contribution in [0.2, 0.25) is 0 Å². The van der Waals surface area contributed by atoms with Crippen LogP contribution in [0.3, 0.4) is 0 Å². The van der Waals surface area contributed by atoms with Crippen LogP contribution in [0.15, 0.2) is 12.4 Å². The van der Waals surface area contributed by atoms with Crippen LogP contribution in [-0.4, -0.2) is 51.1 Å². The third kappa shape index (κ3) is 3.78. The summed E-state index contributed by atoms with van der Waals surface area (Å²) in [4.78, 5) is 12.7. The molecular weight excluding hydrogens is 246 g/mol. The largest absolute Gasteiger partial charge is 0.480 e. The predicted molar refractivity (Wildman–Crippen MR) is 69.8 cm³/mol. The second-order valence-corrected chi connectivity index (χ2v) is 5.39. The molecule has 1 aliphatic heterocycles. The van der Waals surface area contributed by atoms with Gasteiger partial charge >= 0.3 is 5.97 Å². The number of carboxylic acids is 1. The van der Waals surface area contributed by atoms with E-state index in [1.807, 2.05) is 17.8 Å². The van der Waals surface area contributed by atoms with Crippen molar-refractivity contribution < 1.29 is 14.6 Å². The summed E-state index contributed by atoms with van der Waals surface area (Å²) >= 11 is 0. The summed E-state index contributed by atoms with van der Waals surface area (Å²) in [7, 11) is 0. The fourth-order valence-corrected chi connectivity index (χ4v) is 2.44. The van der Waals surface area contributed by atoms with Crippen molar-refractivity contribution in [3.63, 3.8) is 0 Å². The Morgan fingerprint density at radius 2 is 2.32 bits per heavy atom. The number of carboxylic acid groups (broad SMARTS) is 1. The lowest BCUT2D eigenvalue weighted by atomic mass is 9.96. The van der Waals surface area contributed by atoms with Gasteiger partial charge in [-0.1, -0.05) is 6.92 Å². The number of nitrogens with zero attached hydrogens (tertiary/aromatic N) is 3. The van der Waals surface area contributed by atoms with Crippen LogP contribution in [-0.2, 0) is 22.6 Å². The lowest BCUT2D eigenvalue weighted by Gasteiger charge is -2.47. The van der Waals surface area contributed by atoms with Gasteiger partial charge in [-0.3, -0.25) is 9.58 Å². The first-order chi connectivity index (χ1) is 9.00. The van der Waals surface area contributed by atoms with Crippen LogP contribution in [0.1, 0.15) is 25.8 Å². The number of aromatic nitrogens is 2. The fraction of sp³-hybridized carbons (Fsp3) is 0.692. The van der Waals surface area contributed by atoms with Crippen LogP contribution in [0.4, 0.5) is 0 Å². The van der Waals surface area contributed by atoms with Crippen LogP contribution in [0.25, 0.3) is 0 Å².